The zero-order valence-electron chi connectivity index (χ0n) is 11.4. The first-order valence-electron chi connectivity index (χ1n) is 6.15. The summed E-state index contributed by atoms with van der Waals surface area (Å²) in [6.45, 7) is 0.225. The first-order valence-corrected chi connectivity index (χ1v) is 6.15. The average Bonchev–Trinajstić information content (AvgIpc) is 2.97. The monoisotopic (exact) mass is 290 g/mol. The standard InChI is InChI=1S/C13H14N4O4/c1-16(8-10-6-14-15-7-10)13(18)9-21-12-4-2-3-11(5-12)17(19)20/h2-7H,8-9H2,1H3,(H,14,15). The fraction of sp³-hybridized carbons (Fsp3) is 0.231. The molecule has 1 aromatic carbocycles. The van der Waals surface area contributed by atoms with Crippen LogP contribution in [0.4, 0.5) is 5.69 Å². The molecule has 2 rings (SSSR count). The molecule has 0 radical (unpaired) electrons. The molecule has 0 fully saturated rings. The van der Waals surface area contributed by atoms with E-state index in [0.29, 0.717) is 6.54 Å². The van der Waals surface area contributed by atoms with Gasteiger partial charge in [0.2, 0.25) is 0 Å². The molecule has 1 heterocycles. The van der Waals surface area contributed by atoms with Crippen LogP contribution in [0.1, 0.15) is 5.56 Å². The lowest BCUT2D eigenvalue weighted by Crippen LogP contribution is -2.30. The second-order valence-electron chi connectivity index (χ2n) is 4.40. The molecule has 1 N–H and O–H groups in total. The minimum Gasteiger partial charge on any atom is -0.484 e. The summed E-state index contributed by atoms with van der Waals surface area (Å²) in [4.78, 5) is 23.5. The van der Waals surface area contributed by atoms with E-state index in [0.717, 1.165) is 5.56 Å². The molecule has 110 valence electrons. The fourth-order valence-electron chi connectivity index (χ4n) is 1.67. The maximum absolute atomic E-state index is 11.9. The van der Waals surface area contributed by atoms with Crippen molar-refractivity contribution >= 4 is 11.6 Å². The van der Waals surface area contributed by atoms with Gasteiger partial charge >= 0.3 is 0 Å². The molecule has 0 spiro atoms. The molecular weight excluding hydrogens is 276 g/mol. The summed E-state index contributed by atoms with van der Waals surface area (Å²) in [5, 5.41) is 17.1. The number of benzene rings is 1. The third-order valence-corrected chi connectivity index (χ3v) is 2.79. The van der Waals surface area contributed by atoms with Gasteiger partial charge < -0.3 is 9.64 Å². The van der Waals surface area contributed by atoms with E-state index in [2.05, 4.69) is 10.2 Å². The van der Waals surface area contributed by atoms with Crippen LogP contribution < -0.4 is 4.74 Å². The second-order valence-corrected chi connectivity index (χ2v) is 4.40. The number of likely N-dealkylation sites (N-methyl/N-ethyl adjacent to an activating group) is 1. The first kappa shape index (κ1) is 14.5. The summed E-state index contributed by atoms with van der Waals surface area (Å²) in [5.41, 5.74) is 0.799. The molecule has 8 nitrogen and oxygen atoms in total. The van der Waals surface area contributed by atoms with Crippen LogP contribution >= 0.6 is 0 Å². The van der Waals surface area contributed by atoms with Gasteiger partial charge in [0.1, 0.15) is 5.75 Å². The summed E-state index contributed by atoms with van der Waals surface area (Å²) in [6.07, 6.45) is 3.33. The van der Waals surface area contributed by atoms with Gasteiger partial charge in [-0.05, 0) is 6.07 Å². The Morgan fingerprint density at radius 2 is 2.33 bits per heavy atom. The van der Waals surface area contributed by atoms with E-state index in [1.54, 1.807) is 25.5 Å². The van der Waals surface area contributed by atoms with Crippen molar-refractivity contribution < 1.29 is 14.5 Å². The van der Waals surface area contributed by atoms with Crippen LogP contribution in [0.15, 0.2) is 36.7 Å². The Labute approximate surface area is 120 Å². The van der Waals surface area contributed by atoms with Crippen molar-refractivity contribution in [3.05, 3.63) is 52.3 Å². The highest BCUT2D eigenvalue weighted by molar-refractivity contribution is 5.77. The molecule has 0 bridgehead atoms. The number of hydrogen-bond donors (Lipinski definition) is 1. The minimum atomic E-state index is -0.514. The van der Waals surface area contributed by atoms with Crippen LogP contribution in [0.2, 0.25) is 0 Å². The fourth-order valence-corrected chi connectivity index (χ4v) is 1.67. The minimum absolute atomic E-state index is 0.0771. The first-order chi connectivity index (χ1) is 10.1. The molecule has 2 aromatic rings. The number of carbonyl (C=O) groups is 1. The summed E-state index contributed by atoms with van der Waals surface area (Å²) in [5.74, 6) is 0.0527. The number of rotatable bonds is 6. The summed E-state index contributed by atoms with van der Waals surface area (Å²) < 4.78 is 5.28. The van der Waals surface area contributed by atoms with E-state index in [-0.39, 0.29) is 24.0 Å². The Kier molecular flexibility index (Phi) is 4.50. The van der Waals surface area contributed by atoms with E-state index in [9.17, 15) is 14.9 Å². The number of hydrogen-bond acceptors (Lipinski definition) is 5. The number of nitro groups is 1. The van der Waals surface area contributed by atoms with Gasteiger partial charge in [-0.25, -0.2) is 0 Å². The highest BCUT2D eigenvalue weighted by Crippen LogP contribution is 2.19. The molecule has 0 saturated heterocycles. The lowest BCUT2D eigenvalue weighted by Gasteiger charge is -2.16. The molecule has 0 aliphatic carbocycles. The number of ether oxygens (including phenoxy) is 1. The molecular formula is C13H14N4O4. The van der Waals surface area contributed by atoms with E-state index in [1.807, 2.05) is 0 Å². The molecule has 0 aliphatic heterocycles. The van der Waals surface area contributed by atoms with Gasteiger partial charge in [0.15, 0.2) is 6.61 Å². The van der Waals surface area contributed by atoms with Crippen LogP contribution in [0.25, 0.3) is 0 Å². The SMILES string of the molecule is CN(Cc1cn[nH]c1)C(=O)COc1cccc([N+](=O)[O-])c1. The number of non-ortho nitro benzene ring substituents is 1. The number of aromatic amines is 1. The smallest absolute Gasteiger partial charge is 0.273 e. The van der Waals surface area contributed by atoms with Gasteiger partial charge in [-0.15, -0.1) is 0 Å². The maximum atomic E-state index is 11.9. The summed E-state index contributed by atoms with van der Waals surface area (Å²) >= 11 is 0. The van der Waals surface area contributed by atoms with Gasteiger partial charge in [0.25, 0.3) is 11.6 Å². The number of nitro benzene ring substituents is 1. The largest absolute Gasteiger partial charge is 0.484 e. The number of amides is 1. The van der Waals surface area contributed by atoms with Crippen LogP contribution in [-0.4, -0.2) is 39.6 Å². The van der Waals surface area contributed by atoms with Crippen LogP contribution in [-0.2, 0) is 11.3 Å². The molecule has 21 heavy (non-hydrogen) atoms. The average molecular weight is 290 g/mol. The van der Waals surface area contributed by atoms with Crippen LogP contribution in [0.5, 0.6) is 5.75 Å². The van der Waals surface area contributed by atoms with Crippen molar-refractivity contribution in [1.29, 1.82) is 0 Å². The lowest BCUT2D eigenvalue weighted by molar-refractivity contribution is -0.384. The zero-order chi connectivity index (χ0) is 15.2. The normalized spacial score (nSPS) is 10.1. The van der Waals surface area contributed by atoms with Crippen molar-refractivity contribution in [2.24, 2.45) is 0 Å². The molecule has 0 unspecified atom stereocenters. The predicted octanol–water partition coefficient (Wildman–Crippen LogP) is 1.36. The molecule has 1 amide bonds. The maximum Gasteiger partial charge on any atom is 0.273 e. The Balaban J connectivity index is 1.88. The lowest BCUT2D eigenvalue weighted by atomic mass is 10.3. The predicted molar refractivity (Wildman–Crippen MR) is 73.7 cm³/mol. The van der Waals surface area contributed by atoms with Crippen molar-refractivity contribution in [1.82, 2.24) is 15.1 Å². The zero-order valence-corrected chi connectivity index (χ0v) is 11.4. The summed E-state index contributed by atoms with van der Waals surface area (Å²) in [7, 11) is 1.64. The molecule has 0 atom stereocenters. The van der Waals surface area contributed by atoms with E-state index in [4.69, 9.17) is 4.74 Å². The van der Waals surface area contributed by atoms with E-state index < -0.39 is 4.92 Å². The Morgan fingerprint density at radius 1 is 1.52 bits per heavy atom. The number of nitrogens with zero attached hydrogens (tertiary/aromatic N) is 3. The van der Waals surface area contributed by atoms with Crippen molar-refractivity contribution in [3.63, 3.8) is 0 Å². The number of nitrogens with one attached hydrogen (secondary N) is 1. The number of aromatic nitrogens is 2. The van der Waals surface area contributed by atoms with Gasteiger partial charge in [-0.2, -0.15) is 5.10 Å². The van der Waals surface area contributed by atoms with Crippen molar-refractivity contribution in [2.75, 3.05) is 13.7 Å². The van der Waals surface area contributed by atoms with Crippen molar-refractivity contribution in [3.8, 4) is 5.75 Å². The Hall–Kier alpha value is -2.90. The molecule has 0 aliphatic rings. The topological polar surface area (TPSA) is 101 Å². The quantitative estimate of drug-likeness (QED) is 0.639. The highest BCUT2D eigenvalue weighted by Gasteiger charge is 2.12. The van der Waals surface area contributed by atoms with Gasteiger partial charge in [-0.1, -0.05) is 6.07 Å². The number of carbonyl (C=O) groups excluding carboxylic acids is 1. The van der Waals surface area contributed by atoms with Crippen molar-refractivity contribution in [2.45, 2.75) is 6.54 Å². The Morgan fingerprint density at radius 3 is 3.00 bits per heavy atom. The highest BCUT2D eigenvalue weighted by atomic mass is 16.6. The van der Waals surface area contributed by atoms with Crippen LogP contribution in [0.3, 0.4) is 0 Å². The van der Waals surface area contributed by atoms with E-state index >= 15 is 0 Å². The third-order valence-electron chi connectivity index (χ3n) is 2.79. The van der Waals surface area contributed by atoms with E-state index in [1.165, 1.54) is 23.1 Å². The molecule has 0 saturated carbocycles. The van der Waals surface area contributed by atoms with Gasteiger partial charge in [0.05, 0.1) is 17.2 Å². The Bertz CT molecular complexity index is 627. The van der Waals surface area contributed by atoms with Gasteiger partial charge in [-0.3, -0.25) is 20.0 Å². The molecule has 8 heteroatoms. The third kappa shape index (κ3) is 4.03. The second kappa shape index (κ2) is 6.51. The van der Waals surface area contributed by atoms with Crippen LogP contribution in [0, 0.1) is 10.1 Å². The molecule has 1 aromatic heterocycles. The van der Waals surface area contributed by atoms with Gasteiger partial charge in [0, 0.05) is 31.4 Å². The number of H-pyrrole nitrogens is 1. The summed E-state index contributed by atoms with van der Waals surface area (Å²) in [6, 6.07) is 5.71.